The van der Waals surface area contributed by atoms with Crippen LogP contribution in [0, 0.1) is 0 Å². The van der Waals surface area contributed by atoms with Gasteiger partial charge in [-0.1, -0.05) is 5.16 Å². The lowest BCUT2D eigenvalue weighted by atomic mass is 10.3. The number of nitrogens with zero attached hydrogens (tertiary/aromatic N) is 1. The third kappa shape index (κ3) is 2.01. The summed E-state index contributed by atoms with van der Waals surface area (Å²) in [4.78, 5) is 11.3. The Hall–Kier alpha value is -2.04. The minimum absolute atomic E-state index is 0.153. The molecule has 14 heavy (non-hydrogen) atoms. The fourth-order valence-corrected chi connectivity index (χ4v) is 1.02. The molecule has 2 aromatic heterocycles. The molecule has 0 aliphatic heterocycles. The van der Waals surface area contributed by atoms with Crippen LogP contribution in [-0.4, -0.2) is 11.1 Å². The number of hydrogen-bond acceptors (Lipinski definition) is 4. The van der Waals surface area contributed by atoms with Gasteiger partial charge in [0.2, 0.25) is 5.91 Å². The number of hydrogen-bond donors (Lipinski definition) is 1. The smallest absolute Gasteiger partial charge is 0.234 e. The number of carbonyl (C=O) groups is 1. The monoisotopic (exact) mass is 192 g/mol. The number of rotatable bonds is 3. The Morgan fingerprint density at radius 3 is 3.07 bits per heavy atom. The molecule has 72 valence electrons. The fraction of sp³-hybridized carbons (Fsp3) is 0.111. The topological polar surface area (TPSA) is 68.3 Å². The molecule has 0 saturated carbocycles. The van der Waals surface area contributed by atoms with Gasteiger partial charge in [0.1, 0.15) is 5.76 Å². The van der Waals surface area contributed by atoms with Gasteiger partial charge in [0.05, 0.1) is 18.9 Å². The van der Waals surface area contributed by atoms with Crippen molar-refractivity contribution in [1.82, 2.24) is 5.16 Å². The van der Waals surface area contributed by atoms with E-state index in [4.69, 9.17) is 8.94 Å². The Labute approximate surface area is 79.7 Å². The van der Waals surface area contributed by atoms with Crippen LogP contribution in [0.25, 0.3) is 0 Å². The molecule has 1 amide bonds. The van der Waals surface area contributed by atoms with Crippen LogP contribution < -0.4 is 5.32 Å². The Bertz CT molecular complexity index is 353. The van der Waals surface area contributed by atoms with Crippen molar-refractivity contribution in [3.63, 3.8) is 0 Å². The van der Waals surface area contributed by atoms with Crippen molar-refractivity contribution in [2.75, 3.05) is 5.32 Å². The first-order valence-corrected chi connectivity index (χ1v) is 4.07. The maximum Gasteiger partial charge on any atom is 0.234 e. The first-order valence-electron chi connectivity index (χ1n) is 4.07. The molecular formula is C9H8N2O3. The van der Waals surface area contributed by atoms with E-state index < -0.39 is 0 Å². The summed E-state index contributed by atoms with van der Waals surface area (Å²) >= 11 is 0. The molecule has 0 spiro atoms. The molecule has 0 saturated heterocycles. The number of nitrogens with one attached hydrogen (secondary N) is 1. The van der Waals surface area contributed by atoms with E-state index in [9.17, 15) is 4.79 Å². The first-order chi connectivity index (χ1) is 6.84. The van der Waals surface area contributed by atoms with Gasteiger partial charge >= 0.3 is 0 Å². The van der Waals surface area contributed by atoms with Crippen LogP contribution in [0.2, 0.25) is 0 Å². The fourth-order valence-electron chi connectivity index (χ4n) is 1.02. The zero-order valence-corrected chi connectivity index (χ0v) is 7.27. The van der Waals surface area contributed by atoms with Gasteiger partial charge in [0, 0.05) is 12.1 Å². The average molecular weight is 192 g/mol. The summed E-state index contributed by atoms with van der Waals surface area (Å²) in [6.45, 7) is 0. The summed E-state index contributed by atoms with van der Waals surface area (Å²) in [5.74, 6) is 0.750. The van der Waals surface area contributed by atoms with Crippen molar-refractivity contribution >= 4 is 11.8 Å². The highest BCUT2D eigenvalue weighted by Gasteiger charge is 2.07. The van der Waals surface area contributed by atoms with Crippen molar-refractivity contribution in [2.24, 2.45) is 0 Å². The van der Waals surface area contributed by atoms with E-state index in [2.05, 4.69) is 10.5 Å². The van der Waals surface area contributed by atoms with Gasteiger partial charge in [-0.3, -0.25) is 10.1 Å². The van der Waals surface area contributed by atoms with Gasteiger partial charge in [-0.2, -0.15) is 0 Å². The standard InChI is InChI=1S/C9H8N2O3/c12-8(6-7-3-4-10-14-7)11-9-2-1-5-13-9/h1-5H,6H2,(H,11,12). The molecule has 2 heterocycles. The highest BCUT2D eigenvalue weighted by Crippen LogP contribution is 2.07. The highest BCUT2D eigenvalue weighted by molar-refractivity contribution is 5.90. The molecule has 0 aromatic carbocycles. The van der Waals surface area contributed by atoms with Crippen molar-refractivity contribution in [3.05, 3.63) is 36.4 Å². The van der Waals surface area contributed by atoms with Crippen LogP contribution >= 0.6 is 0 Å². The molecule has 5 heteroatoms. The molecule has 2 aromatic rings. The summed E-state index contributed by atoms with van der Waals surface area (Å²) in [6.07, 6.45) is 3.14. The molecule has 2 rings (SSSR count). The van der Waals surface area contributed by atoms with E-state index in [-0.39, 0.29) is 12.3 Å². The molecule has 0 aliphatic rings. The van der Waals surface area contributed by atoms with Gasteiger partial charge in [0.25, 0.3) is 0 Å². The zero-order valence-electron chi connectivity index (χ0n) is 7.27. The Balaban J connectivity index is 1.91. The number of aromatic nitrogens is 1. The molecule has 5 nitrogen and oxygen atoms in total. The van der Waals surface area contributed by atoms with Crippen LogP contribution in [0.5, 0.6) is 0 Å². The van der Waals surface area contributed by atoms with Gasteiger partial charge in [-0.05, 0) is 6.07 Å². The lowest BCUT2D eigenvalue weighted by molar-refractivity contribution is -0.115. The molecular weight excluding hydrogens is 184 g/mol. The van der Waals surface area contributed by atoms with Gasteiger partial charge in [-0.25, -0.2) is 0 Å². The quantitative estimate of drug-likeness (QED) is 0.799. The van der Waals surface area contributed by atoms with Crippen LogP contribution in [0.4, 0.5) is 5.88 Å². The first kappa shape index (κ1) is 8.55. The van der Waals surface area contributed by atoms with Crippen LogP contribution in [0.15, 0.2) is 39.6 Å². The molecule has 0 radical (unpaired) electrons. The van der Waals surface area contributed by atoms with E-state index in [0.29, 0.717) is 11.6 Å². The maximum absolute atomic E-state index is 11.3. The number of anilines is 1. The molecule has 0 atom stereocenters. The second kappa shape index (κ2) is 3.78. The van der Waals surface area contributed by atoms with Crippen molar-refractivity contribution < 1.29 is 13.7 Å². The molecule has 0 fully saturated rings. The SMILES string of the molecule is O=C(Cc1ccno1)Nc1ccco1. The lowest BCUT2D eigenvalue weighted by Gasteiger charge is -1.97. The normalized spacial score (nSPS) is 10.0. The van der Waals surface area contributed by atoms with E-state index in [1.807, 2.05) is 0 Å². The summed E-state index contributed by atoms with van der Waals surface area (Å²) in [5, 5.41) is 6.06. The van der Waals surface area contributed by atoms with Crippen LogP contribution in [0.1, 0.15) is 5.76 Å². The summed E-state index contributed by atoms with van der Waals surface area (Å²) in [5.41, 5.74) is 0. The largest absolute Gasteiger partial charge is 0.449 e. The van der Waals surface area contributed by atoms with Gasteiger partial charge in [0.15, 0.2) is 5.88 Å². The predicted octanol–water partition coefficient (Wildman–Crippen LogP) is 1.45. The number of amides is 1. The third-order valence-electron chi connectivity index (χ3n) is 1.61. The summed E-state index contributed by atoms with van der Waals surface area (Å²) in [6, 6.07) is 5.00. The number of furan rings is 1. The van der Waals surface area contributed by atoms with Crippen molar-refractivity contribution in [1.29, 1.82) is 0 Å². The Kier molecular flexibility index (Phi) is 2.31. The minimum atomic E-state index is -0.197. The summed E-state index contributed by atoms with van der Waals surface area (Å²) in [7, 11) is 0. The van der Waals surface area contributed by atoms with Crippen molar-refractivity contribution in [2.45, 2.75) is 6.42 Å². The van der Waals surface area contributed by atoms with Gasteiger partial charge in [-0.15, -0.1) is 0 Å². The number of carbonyl (C=O) groups excluding carboxylic acids is 1. The second-order valence-electron chi connectivity index (χ2n) is 2.68. The zero-order chi connectivity index (χ0) is 9.80. The Morgan fingerprint density at radius 1 is 1.50 bits per heavy atom. The lowest BCUT2D eigenvalue weighted by Crippen LogP contribution is -2.13. The maximum atomic E-state index is 11.3. The molecule has 0 aliphatic carbocycles. The minimum Gasteiger partial charge on any atom is -0.449 e. The highest BCUT2D eigenvalue weighted by atomic mass is 16.5. The van der Waals surface area contributed by atoms with E-state index in [0.717, 1.165) is 0 Å². The van der Waals surface area contributed by atoms with E-state index in [1.165, 1.54) is 12.5 Å². The van der Waals surface area contributed by atoms with Crippen molar-refractivity contribution in [3.8, 4) is 0 Å². The van der Waals surface area contributed by atoms with E-state index in [1.54, 1.807) is 18.2 Å². The predicted molar refractivity (Wildman–Crippen MR) is 47.5 cm³/mol. The molecule has 0 unspecified atom stereocenters. The van der Waals surface area contributed by atoms with Gasteiger partial charge < -0.3 is 8.94 Å². The van der Waals surface area contributed by atoms with Crippen LogP contribution in [-0.2, 0) is 11.2 Å². The second-order valence-corrected chi connectivity index (χ2v) is 2.68. The average Bonchev–Trinajstić information content (AvgIpc) is 2.76. The van der Waals surface area contributed by atoms with E-state index >= 15 is 0 Å². The molecule has 1 N–H and O–H groups in total. The Morgan fingerprint density at radius 2 is 2.43 bits per heavy atom. The third-order valence-corrected chi connectivity index (χ3v) is 1.61. The summed E-state index contributed by atoms with van der Waals surface area (Å²) < 4.78 is 9.73. The molecule has 0 bridgehead atoms. The van der Waals surface area contributed by atoms with Crippen LogP contribution in [0.3, 0.4) is 0 Å².